The summed E-state index contributed by atoms with van der Waals surface area (Å²) in [5.41, 5.74) is 0.718. The number of nitrogens with zero attached hydrogens (tertiary/aromatic N) is 1. The fourth-order valence-electron chi connectivity index (χ4n) is 1.70. The maximum atomic E-state index is 11.9. The lowest BCUT2D eigenvalue weighted by atomic mass is 10.2. The van der Waals surface area contributed by atoms with Crippen molar-refractivity contribution in [3.63, 3.8) is 0 Å². The zero-order chi connectivity index (χ0) is 14.6. The summed E-state index contributed by atoms with van der Waals surface area (Å²) in [6, 6.07) is 6.81. The van der Waals surface area contributed by atoms with E-state index in [1.54, 1.807) is 41.8 Å². The third kappa shape index (κ3) is 4.86. The summed E-state index contributed by atoms with van der Waals surface area (Å²) in [5, 5.41) is 1.59. The normalized spacial score (nSPS) is 11.7. The van der Waals surface area contributed by atoms with Crippen molar-refractivity contribution in [3.05, 3.63) is 50.9 Å². The monoisotopic (exact) mass is 330 g/mol. The Morgan fingerprint density at radius 2 is 2.00 bits per heavy atom. The molecule has 0 amide bonds. The number of benzene rings is 1. The number of aryl methyl sites for hydroxylation is 1. The van der Waals surface area contributed by atoms with E-state index >= 15 is 0 Å². The van der Waals surface area contributed by atoms with Crippen molar-refractivity contribution >= 4 is 33.0 Å². The van der Waals surface area contributed by atoms with E-state index in [2.05, 4.69) is 9.71 Å². The average molecular weight is 331 g/mol. The highest BCUT2D eigenvalue weighted by molar-refractivity contribution is 7.88. The standard InChI is InChI=1S/C13H15ClN2O2S2/c1-10-15-8-13(19-10)6-7-16-20(17,18)9-11-2-4-12(14)5-3-11/h2-5,8,16H,6-7,9H2,1H3. The summed E-state index contributed by atoms with van der Waals surface area (Å²) in [6.07, 6.45) is 2.44. The van der Waals surface area contributed by atoms with E-state index < -0.39 is 10.0 Å². The zero-order valence-corrected chi connectivity index (χ0v) is 13.4. The van der Waals surface area contributed by atoms with Crippen LogP contribution in [0, 0.1) is 6.92 Å². The Kier molecular flexibility index (Phi) is 5.15. The van der Waals surface area contributed by atoms with Crippen LogP contribution in [0.4, 0.5) is 0 Å². The number of rotatable bonds is 6. The van der Waals surface area contributed by atoms with Gasteiger partial charge >= 0.3 is 0 Å². The van der Waals surface area contributed by atoms with Gasteiger partial charge in [0, 0.05) is 22.6 Å². The fraction of sp³-hybridized carbons (Fsp3) is 0.308. The van der Waals surface area contributed by atoms with Gasteiger partial charge in [0.1, 0.15) is 0 Å². The first kappa shape index (κ1) is 15.4. The summed E-state index contributed by atoms with van der Waals surface area (Å²) >= 11 is 7.35. The molecular formula is C13H15ClN2O2S2. The number of thiazole rings is 1. The second kappa shape index (κ2) is 6.67. The smallest absolute Gasteiger partial charge is 0.215 e. The minimum Gasteiger partial charge on any atom is -0.250 e. The van der Waals surface area contributed by atoms with Crippen molar-refractivity contribution in [1.29, 1.82) is 0 Å². The summed E-state index contributed by atoms with van der Waals surface area (Å²) in [5.74, 6) is -0.0358. The highest BCUT2D eigenvalue weighted by Crippen LogP contribution is 2.13. The van der Waals surface area contributed by atoms with Crippen molar-refractivity contribution in [2.75, 3.05) is 6.54 Å². The molecule has 1 heterocycles. The summed E-state index contributed by atoms with van der Waals surface area (Å²) in [7, 11) is -3.32. The molecule has 0 radical (unpaired) electrons. The molecule has 2 aromatic rings. The number of hydrogen-bond acceptors (Lipinski definition) is 4. The molecule has 0 aliphatic carbocycles. The van der Waals surface area contributed by atoms with Gasteiger partial charge in [0.25, 0.3) is 0 Å². The van der Waals surface area contributed by atoms with Crippen LogP contribution in [-0.2, 0) is 22.2 Å². The van der Waals surface area contributed by atoms with Crippen LogP contribution >= 0.6 is 22.9 Å². The van der Waals surface area contributed by atoms with Gasteiger partial charge in [-0.1, -0.05) is 23.7 Å². The lowest BCUT2D eigenvalue weighted by Gasteiger charge is -2.06. The Hall–Kier alpha value is -0.950. The Balaban J connectivity index is 1.86. The van der Waals surface area contributed by atoms with Crippen molar-refractivity contribution in [3.8, 4) is 0 Å². The SMILES string of the molecule is Cc1ncc(CCNS(=O)(=O)Cc2ccc(Cl)cc2)s1. The maximum Gasteiger partial charge on any atom is 0.215 e. The molecule has 0 atom stereocenters. The predicted molar refractivity (Wildman–Crippen MR) is 82.6 cm³/mol. The van der Waals surface area contributed by atoms with E-state index in [9.17, 15) is 8.42 Å². The molecule has 7 heteroatoms. The number of nitrogens with one attached hydrogen (secondary N) is 1. The van der Waals surface area contributed by atoms with E-state index in [1.807, 2.05) is 6.92 Å². The molecule has 1 N–H and O–H groups in total. The minimum absolute atomic E-state index is 0.0358. The minimum atomic E-state index is -3.32. The lowest BCUT2D eigenvalue weighted by Crippen LogP contribution is -2.27. The number of halogens is 1. The molecule has 1 aromatic carbocycles. The van der Waals surface area contributed by atoms with Gasteiger partial charge in [-0.15, -0.1) is 11.3 Å². The van der Waals surface area contributed by atoms with E-state index in [0.717, 1.165) is 15.4 Å². The van der Waals surface area contributed by atoms with Crippen LogP contribution in [0.5, 0.6) is 0 Å². The number of hydrogen-bond donors (Lipinski definition) is 1. The first-order chi connectivity index (χ1) is 9.44. The molecule has 1 aromatic heterocycles. The molecule has 0 saturated carbocycles. The van der Waals surface area contributed by atoms with Crippen LogP contribution in [0.1, 0.15) is 15.4 Å². The topological polar surface area (TPSA) is 59.1 Å². The van der Waals surface area contributed by atoms with Gasteiger partial charge in [0.05, 0.1) is 10.8 Å². The van der Waals surface area contributed by atoms with Crippen LogP contribution in [0.2, 0.25) is 5.02 Å². The Labute approximate surface area is 127 Å². The summed E-state index contributed by atoms with van der Waals surface area (Å²) in [4.78, 5) is 5.22. The third-order valence-electron chi connectivity index (χ3n) is 2.63. The quantitative estimate of drug-likeness (QED) is 0.886. The van der Waals surface area contributed by atoms with E-state index in [4.69, 9.17) is 11.6 Å². The van der Waals surface area contributed by atoms with Crippen molar-refractivity contribution in [2.24, 2.45) is 0 Å². The van der Waals surface area contributed by atoms with Crippen molar-refractivity contribution in [2.45, 2.75) is 19.1 Å². The van der Waals surface area contributed by atoms with Gasteiger partial charge in [-0.3, -0.25) is 0 Å². The van der Waals surface area contributed by atoms with E-state index in [0.29, 0.717) is 18.0 Å². The molecule has 0 aliphatic rings. The van der Waals surface area contributed by atoms with Crippen LogP contribution < -0.4 is 4.72 Å². The molecule has 0 aliphatic heterocycles. The predicted octanol–water partition coefficient (Wildman–Crippen LogP) is 2.77. The number of aromatic nitrogens is 1. The van der Waals surface area contributed by atoms with Gasteiger partial charge in [0.2, 0.25) is 10.0 Å². The largest absolute Gasteiger partial charge is 0.250 e. The summed E-state index contributed by atoms with van der Waals surface area (Å²) in [6.45, 7) is 2.32. The molecule has 20 heavy (non-hydrogen) atoms. The van der Waals surface area contributed by atoms with Crippen molar-refractivity contribution < 1.29 is 8.42 Å². The lowest BCUT2D eigenvalue weighted by molar-refractivity contribution is 0.581. The van der Waals surface area contributed by atoms with Crippen LogP contribution in [0.25, 0.3) is 0 Å². The molecule has 108 valence electrons. The molecule has 0 unspecified atom stereocenters. The molecule has 4 nitrogen and oxygen atoms in total. The highest BCUT2D eigenvalue weighted by atomic mass is 35.5. The third-order valence-corrected chi connectivity index (χ3v) is 5.21. The van der Waals surface area contributed by atoms with E-state index in [-0.39, 0.29) is 5.75 Å². The first-order valence-electron chi connectivity index (χ1n) is 6.08. The zero-order valence-electron chi connectivity index (χ0n) is 11.0. The molecular weight excluding hydrogens is 316 g/mol. The Bertz CT molecular complexity index is 666. The van der Waals surface area contributed by atoms with E-state index in [1.165, 1.54) is 0 Å². The maximum absolute atomic E-state index is 11.9. The molecule has 0 fully saturated rings. The van der Waals surface area contributed by atoms with Gasteiger partial charge < -0.3 is 0 Å². The van der Waals surface area contributed by atoms with Crippen LogP contribution in [0.3, 0.4) is 0 Å². The summed E-state index contributed by atoms with van der Waals surface area (Å²) < 4.78 is 26.4. The fourth-order valence-corrected chi connectivity index (χ4v) is 3.77. The second-order valence-electron chi connectivity index (χ2n) is 4.38. The molecule has 0 saturated heterocycles. The van der Waals surface area contributed by atoms with Crippen LogP contribution in [0.15, 0.2) is 30.5 Å². The number of sulfonamides is 1. The van der Waals surface area contributed by atoms with Crippen LogP contribution in [-0.4, -0.2) is 19.9 Å². The molecule has 2 rings (SSSR count). The van der Waals surface area contributed by atoms with Gasteiger partial charge in [-0.2, -0.15) is 0 Å². The highest BCUT2D eigenvalue weighted by Gasteiger charge is 2.11. The van der Waals surface area contributed by atoms with Gasteiger partial charge in [-0.25, -0.2) is 18.1 Å². The molecule has 0 spiro atoms. The van der Waals surface area contributed by atoms with Gasteiger partial charge in [-0.05, 0) is 31.0 Å². The molecule has 0 bridgehead atoms. The van der Waals surface area contributed by atoms with Gasteiger partial charge in [0.15, 0.2) is 0 Å². The first-order valence-corrected chi connectivity index (χ1v) is 8.92. The second-order valence-corrected chi connectivity index (χ2v) is 7.94. The average Bonchev–Trinajstić information content (AvgIpc) is 2.77. The Morgan fingerprint density at radius 1 is 1.30 bits per heavy atom. The Morgan fingerprint density at radius 3 is 2.60 bits per heavy atom. The van der Waals surface area contributed by atoms with Crippen molar-refractivity contribution in [1.82, 2.24) is 9.71 Å².